The molecule has 9 nitrogen and oxygen atoms in total. The van der Waals surface area contributed by atoms with Gasteiger partial charge in [-0.2, -0.15) is 0 Å². The number of carbonyl (C=O) groups excluding carboxylic acids is 3. The Labute approximate surface area is 109 Å². The molecule has 0 aromatic heterocycles. The van der Waals surface area contributed by atoms with Gasteiger partial charge in [-0.3, -0.25) is 4.79 Å². The van der Waals surface area contributed by atoms with Crippen LogP contribution >= 0.6 is 0 Å². The molecule has 2 aliphatic rings. The maximum atomic E-state index is 11.2. The molecule has 2 heterocycles. The molecule has 5 N–H and O–H groups in total. The molecule has 0 radical (unpaired) electrons. The second-order valence-corrected chi connectivity index (χ2v) is 4.51. The summed E-state index contributed by atoms with van der Waals surface area (Å²) in [4.78, 5) is 34.4. The van der Waals surface area contributed by atoms with Crippen molar-refractivity contribution in [2.24, 2.45) is 11.5 Å². The standard InChI is InChI=1S/C10H16N4O5/c11-8(15)7-1-5(3-14(7)9(12)16)18-4-6-2-13-10(17)19-6/h5-7H,1-4H2,(H2,11,15)(H2,12,16)(H,13,17)/t5-,6?,7-/m1/s1. The number of ether oxygens (including phenoxy) is 2. The minimum atomic E-state index is -0.744. The average molecular weight is 272 g/mol. The summed E-state index contributed by atoms with van der Waals surface area (Å²) in [6.45, 7) is 0.781. The maximum absolute atomic E-state index is 11.2. The number of hydrogen-bond donors (Lipinski definition) is 3. The van der Waals surface area contributed by atoms with Crippen molar-refractivity contribution in [1.29, 1.82) is 0 Å². The second-order valence-electron chi connectivity index (χ2n) is 4.51. The predicted octanol–water partition coefficient (Wildman–Crippen LogP) is -1.88. The van der Waals surface area contributed by atoms with E-state index in [4.69, 9.17) is 20.9 Å². The lowest BCUT2D eigenvalue weighted by molar-refractivity contribution is -0.121. The molecule has 0 saturated carbocycles. The summed E-state index contributed by atoms with van der Waals surface area (Å²) in [6, 6.07) is -1.45. The van der Waals surface area contributed by atoms with Crippen molar-refractivity contribution < 1.29 is 23.9 Å². The Morgan fingerprint density at radius 3 is 2.68 bits per heavy atom. The van der Waals surface area contributed by atoms with E-state index in [1.807, 2.05) is 0 Å². The normalized spacial score (nSPS) is 30.0. The highest BCUT2D eigenvalue weighted by Gasteiger charge is 2.38. The average Bonchev–Trinajstić information content (AvgIpc) is 2.92. The molecular formula is C10H16N4O5. The summed E-state index contributed by atoms with van der Waals surface area (Å²) >= 11 is 0. The van der Waals surface area contributed by atoms with Crippen LogP contribution in [0.5, 0.6) is 0 Å². The molecular weight excluding hydrogens is 256 g/mol. The lowest BCUT2D eigenvalue weighted by atomic mass is 10.2. The van der Waals surface area contributed by atoms with Crippen molar-refractivity contribution in [3.8, 4) is 0 Å². The van der Waals surface area contributed by atoms with Crippen LogP contribution < -0.4 is 16.8 Å². The summed E-state index contributed by atoms with van der Waals surface area (Å²) in [7, 11) is 0. The Hall–Kier alpha value is -2.03. The van der Waals surface area contributed by atoms with E-state index < -0.39 is 24.1 Å². The van der Waals surface area contributed by atoms with Crippen LogP contribution in [0.2, 0.25) is 0 Å². The zero-order valence-corrected chi connectivity index (χ0v) is 10.2. The van der Waals surface area contributed by atoms with Crippen LogP contribution in [0.3, 0.4) is 0 Å². The minimum absolute atomic E-state index is 0.196. The topological polar surface area (TPSA) is 137 Å². The number of alkyl carbamates (subject to hydrolysis) is 1. The Balaban J connectivity index is 1.84. The monoisotopic (exact) mass is 272 g/mol. The fourth-order valence-electron chi connectivity index (χ4n) is 2.20. The van der Waals surface area contributed by atoms with E-state index in [0.29, 0.717) is 13.0 Å². The highest BCUT2D eigenvalue weighted by molar-refractivity contribution is 5.86. The first kappa shape index (κ1) is 13.4. The molecule has 106 valence electrons. The number of amides is 4. The number of carbonyl (C=O) groups is 3. The van der Waals surface area contributed by atoms with Gasteiger partial charge in [-0.15, -0.1) is 0 Å². The Morgan fingerprint density at radius 1 is 1.47 bits per heavy atom. The summed E-state index contributed by atoms with van der Waals surface area (Å²) in [5.74, 6) is -0.612. The third kappa shape index (κ3) is 3.05. The van der Waals surface area contributed by atoms with Crippen LogP contribution in [0, 0.1) is 0 Å². The Kier molecular flexibility index (Phi) is 3.74. The van der Waals surface area contributed by atoms with Gasteiger partial charge in [0.05, 0.1) is 19.3 Å². The second kappa shape index (κ2) is 5.31. The number of nitrogens with zero attached hydrogens (tertiary/aromatic N) is 1. The largest absolute Gasteiger partial charge is 0.442 e. The number of cyclic esters (lactones) is 1. The first-order valence-corrected chi connectivity index (χ1v) is 5.89. The quantitative estimate of drug-likeness (QED) is 0.550. The fraction of sp³-hybridized carbons (Fsp3) is 0.700. The molecule has 0 spiro atoms. The number of likely N-dealkylation sites (tertiary alicyclic amines) is 1. The highest BCUT2D eigenvalue weighted by Crippen LogP contribution is 2.20. The van der Waals surface area contributed by atoms with Crippen LogP contribution in [-0.2, 0) is 14.3 Å². The number of urea groups is 1. The van der Waals surface area contributed by atoms with Crippen LogP contribution in [0.25, 0.3) is 0 Å². The van der Waals surface area contributed by atoms with E-state index in [9.17, 15) is 14.4 Å². The van der Waals surface area contributed by atoms with Gasteiger partial charge in [0.25, 0.3) is 0 Å². The van der Waals surface area contributed by atoms with Crippen LogP contribution in [-0.4, -0.2) is 60.9 Å². The van der Waals surface area contributed by atoms with Gasteiger partial charge in [0, 0.05) is 13.0 Å². The molecule has 0 aromatic rings. The van der Waals surface area contributed by atoms with Gasteiger partial charge in [-0.05, 0) is 0 Å². The first-order valence-electron chi connectivity index (χ1n) is 5.89. The molecule has 2 rings (SSSR count). The predicted molar refractivity (Wildman–Crippen MR) is 61.9 cm³/mol. The summed E-state index contributed by atoms with van der Waals surface area (Å²) in [5.41, 5.74) is 10.4. The van der Waals surface area contributed by atoms with Gasteiger partial charge in [-0.25, -0.2) is 9.59 Å². The lowest BCUT2D eigenvalue weighted by Crippen LogP contribution is -2.46. The smallest absolute Gasteiger partial charge is 0.407 e. The molecule has 2 saturated heterocycles. The van der Waals surface area contributed by atoms with Crippen molar-refractivity contribution in [2.45, 2.75) is 24.7 Å². The lowest BCUT2D eigenvalue weighted by Gasteiger charge is -2.18. The van der Waals surface area contributed by atoms with Crippen LogP contribution in [0.4, 0.5) is 9.59 Å². The van der Waals surface area contributed by atoms with Crippen molar-refractivity contribution in [1.82, 2.24) is 10.2 Å². The highest BCUT2D eigenvalue weighted by atomic mass is 16.6. The van der Waals surface area contributed by atoms with E-state index in [-0.39, 0.29) is 25.4 Å². The molecule has 9 heteroatoms. The molecule has 1 unspecified atom stereocenters. The summed E-state index contributed by atoms with van der Waals surface area (Å²) < 4.78 is 10.4. The van der Waals surface area contributed by atoms with Crippen molar-refractivity contribution in [2.75, 3.05) is 19.7 Å². The first-order chi connectivity index (χ1) is 8.97. The molecule has 3 atom stereocenters. The number of nitrogens with two attached hydrogens (primary N) is 2. The van der Waals surface area contributed by atoms with Crippen molar-refractivity contribution in [3.63, 3.8) is 0 Å². The number of hydrogen-bond acceptors (Lipinski definition) is 5. The van der Waals surface area contributed by atoms with E-state index in [0.717, 1.165) is 0 Å². The number of primary amides is 2. The zero-order chi connectivity index (χ0) is 14.0. The third-order valence-corrected chi connectivity index (χ3v) is 3.14. The molecule has 0 bridgehead atoms. The van der Waals surface area contributed by atoms with Gasteiger partial charge in [0.1, 0.15) is 12.1 Å². The third-order valence-electron chi connectivity index (χ3n) is 3.14. The van der Waals surface area contributed by atoms with Crippen LogP contribution in [0.15, 0.2) is 0 Å². The van der Waals surface area contributed by atoms with Gasteiger partial charge < -0.3 is 31.2 Å². The van der Waals surface area contributed by atoms with Gasteiger partial charge in [0.15, 0.2) is 0 Å². The fourth-order valence-corrected chi connectivity index (χ4v) is 2.20. The van der Waals surface area contributed by atoms with E-state index in [1.54, 1.807) is 0 Å². The Morgan fingerprint density at radius 2 is 2.21 bits per heavy atom. The van der Waals surface area contributed by atoms with Gasteiger partial charge in [0.2, 0.25) is 5.91 Å². The zero-order valence-electron chi connectivity index (χ0n) is 10.2. The molecule has 4 amide bonds. The number of rotatable bonds is 4. The van der Waals surface area contributed by atoms with Crippen molar-refractivity contribution in [3.05, 3.63) is 0 Å². The van der Waals surface area contributed by atoms with E-state index in [2.05, 4.69) is 5.32 Å². The number of nitrogens with one attached hydrogen (secondary N) is 1. The van der Waals surface area contributed by atoms with Crippen molar-refractivity contribution >= 4 is 18.0 Å². The Bertz CT molecular complexity index is 379. The van der Waals surface area contributed by atoms with Crippen LogP contribution in [0.1, 0.15) is 6.42 Å². The minimum Gasteiger partial charge on any atom is -0.442 e. The molecule has 0 aliphatic carbocycles. The maximum Gasteiger partial charge on any atom is 0.407 e. The SMILES string of the molecule is NC(=O)[C@H]1C[C@@H](OCC2CNC(=O)O2)CN1C(N)=O. The molecule has 2 fully saturated rings. The molecule has 19 heavy (non-hydrogen) atoms. The van der Waals surface area contributed by atoms with E-state index >= 15 is 0 Å². The summed E-state index contributed by atoms with van der Waals surface area (Å²) in [5, 5.41) is 2.50. The molecule has 2 aliphatic heterocycles. The van der Waals surface area contributed by atoms with Gasteiger partial charge in [-0.1, -0.05) is 0 Å². The van der Waals surface area contributed by atoms with Gasteiger partial charge >= 0.3 is 12.1 Å². The molecule has 0 aromatic carbocycles. The summed E-state index contributed by atoms with van der Waals surface area (Å²) in [6.07, 6.45) is -0.882. The van der Waals surface area contributed by atoms with E-state index in [1.165, 1.54) is 4.90 Å².